The number of ether oxygens (including phenoxy) is 1. The van der Waals surface area contributed by atoms with Crippen molar-refractivity contribution < 1.29 is 19.1 Å². The van der Waals surface area contributed by atoms with Gasteiger partial charge in [0.15, 0.2) is 6.10 Å². The Balaban J connectivity index is 2.38. The molecule has 0 saturated carbocycles. The third kappa shape index (κ3) is 6.89. The normalized spacial score (nSPS) is 11.4. The molecule has 0 fully saturated rings. The van der Waals surface area contributed by atoms with Gasteiger partial charge in [0.2, 0.25) is 5.91 Å². The van der Waals surface area contributed by atoms with E-state index in [9.17, 15) is 14.4 Å². The quantitative estimate of drug-likeness (QED) is 0.761. The van der Waals surface area contributed by atoms with Gasteiger partial charge < -0.3 is 15.4 Å². The average molecular weight is 357 g/mol. The van der Waals surface area contributed by atoms with Crippen molar-refractivity contribution in [3.8, 4) is 0 Å². The summed E-state index contributed by atoms with van der Waals surface area (Å²) in [6.07, 6.45) is -0.881. The Morgan fingerprint density at radius 2 is 1.86 bits per heavy atom. The van der Waals surface area contributed by atoms with Crippen molar-refractivity contribution in [3.63, 3.8) is 0 Å². The van der Waals surface area contributed by atoms with Gasteiger partial charge in [-0.3, -0.25) is 14.4 Å². The fourth-order valence-electron chi connectivity index (χ4n) is 1.43. The van der Waals surface area contributed by atoms with Crippen LogP contribution in [0.3, 0.4) is 0 Å². The molecule has 0 heterocycles. The van der Waals surface area contributed by atoms with Crippen LogP contribution in [0.5, 0.6) is 0 Å². The van der Waals surface area contributed by atoms with Gasteiger partial charge in [-0.05, 0) is 31.2 Å². The Morgan fingerprint density at radius 3 is 2.43 bits per heavy atom. The van der Waals surface area contributed by atoms with Crippen molar-refractivity contribution in [2.75, 3.05) is 11.9 Å². The second kappa shape index (κ2) is 8.41. The number of hydrogen-bond acceptors (Lipinski definition) is 4. The maximum Gasteiger partial charge on any atom is 0.308 e. The van der Waals surface area contributed by atoms with E-state index in [-0.39, 0.29) is 18.9 Å². The Kier molecular flexibility index (Phi) is 6.87. The molecule has 2 amide bonds. The Labute approximate surface area is 131 Å². The molecule has 21 heavy (non-hydrogen) atoms. The number of halogens is 1. The first-order valence-electron chi connectivity index (χ1n) is 6.39. The van der Waals surface area contributed by atoms with Crippen molar-refractivity contribution in [2.45, 2.75) is 26.4 Å². The van der Waals surface area contributed by atoms with Crippen molar-refractivity contribution in [1.82, 2.24) is 5.32 Å². The Morgan fingerprint density at radius 1 is 1.24 bits per heavy atom. The third-order valence-electron chi connectivity index (χ3n) is 2.49. The Hall–Kier alpha value is -1.89. The van der Waals surface area contributed by atoms with Gasteiger partial charge >= 0.3 is 5.97 Å². The molecule has 0 aromatic heterocycles. The van der Waals surface area contributed by atoms with Crippen LogP contribution in [0, 0.1) is 0 Å². The van der Waals surface area contributed by atoms with E-state index in [0.29, 0.717) is 5.69 Å². The molecule has 1 aromatic carbocycles. The summed E-state index contributed by atoms with van der Waals surface area (Å²) in [4.78, 5) is 34.0. The first-order valence-corrected chi connectivity index (χ1v) is 7.18. The van der Waals surface area contributed by atoms with Crippen LogP contribution >= 0.6 is 15.9 Å². The van der Waals surface area contributed by atoms with Crippen molar-refractivity contribution in [2.24, 2.45) is 0 Å². The molecular weight excluding hydrogens is 340 g/mol. The van der Waals surface area contributed by atoms with Gasteiger partial charge in [0, 0.05) is 23.6 Å². The number of nitrogens with one attached hydrogen (secondary N) is 2. The molecule has 1 aromatic rings. The minimum Gasteiger partial charge on any atom is -0.452 e. The van der Waals surface area contributed by atoms with Crippen LogP contribution in [0.2, 0.25) is 0 Å². The summed E-state index contributed by atoms with van der Waals surface area (Å²) < 4.78 is 5.88. The minimum atomic E-state index is -0.904. The first kappa shape index (κ1) is 17.2. The number of amides is 2. The van der Waals surface area contributed by atoms with Gasteiger partial charge in [-0.2, -0.15) is 0 Å². The topological polar surface area (TPSA) is 84.5 Å². The molecule has 0 radical (unpaired) electrons. The van der Waals surface area contributed by atoms with Crippen LogP contribution < -0.4 is 10.6 Å². The summed E-state index contributed by atoms with van der Waals surface area (Å²) in [7, 11) is 0. The zero-order chi connectivity index (χ0) is 15.8. The number of carbonyl (C=O) groups is 3. The highest BCUT2D eigenvalue weighted by Gasteiger charge is 2.17. The van der Waals surface area contributed by atoms with E-state index in [0.717, 1.165) is 4.47 Å². The fraction of sp³-hybridized carbons (Fsp3) is 0.357. The van der Waals surface area contributed by atoms with E-state index in [1.54, 1.807) is 24.3 Å². The minimum absolute atomic E-state index is 0.0233. The van der Waals surface area contributed by atoms with Gasteiger partial charge in [-0.15, -0.1) is 0 Å². The van der Waals surface area contributed by atoms with Crippen LogP contribution in [-0.4, -0.2) is 30.4 Å². The highest BCUT2D eigenvalue weighted by atomic mass is 79.9. The summed E-state index contributed by atoms with van der Waals surface area (Å²) in [6, 6.07) is 7.04. The molecule has 0 aliphatic carbocycles. The SMILES string of the molecule is CC(=O)NCCC(=O)O[C@@H](C)C(=O)Nc1ccc(Br)cc1. The number of carbonyl (C=O) groups excluding carboxylic acids is 3. The molecule has 0 bridgehead atoms. The molecule has 1 rings (SSSR count). The predicted molar refractivity (Wildman–Crippen MR) is 81.6 cm³/mol. The van der Waals surface area contributed by atoms with Crippen LogP contribution in [-0.2, 0) is 19.1 Å². The number of esters is 1. The molecule has 0 spiro atoms. The molecule has 0 unspecified atom stereocenters. The summed E-state index contributed by atoms with van der Waals surface area (Å²) >= 11 is 3.30. The lowest BCUT2D eigenvalue weighted by atomic mass is 10.3. The second-order valence-corrected chi connectivity index (χ2v) is 5.28. The van der Waals surface area contributed by atoms with Crippen LogP contribution in [0.25, 0.3) is 0 Å². The lowest BCUT2D eigenvalue weighted by Crippen LogP contribution is -2.31. The van der Waals surface area contributed by atoms with E-state index >= 15 is 0 Å². The standard InChI is InChI=1S/C14H17BrN2O4/c1-9(21-13(19)7-8-16-10(2)18)14(20)17-12-5-3-11(15)4-6-12/h3-6,9H,7-8H2,1-2H3,(H,16,18)(H,17,20)/t9-/m0/s1. The molecule has 0 aliphatic rings. The zero-order valence-corrected chi connectivity index (χ0v) is 13.4. The molecule has 0 saturated heterocycles. The molecule has 6 nitrogen and oxygen atoms in total. The van der Waals surface area contributed by atoms with Gasteiger partial charge in [0.1, 0.15) is 0 Å². The smallest absolute Gasteiger partial charge is 0.308 e. The highest BCUT2D eigenvalue weighted by Crippen LogP contribution is 2.14. The molecule has 7 heteroatoms. The lowest BCUT2D eigenvalue weighted by molar-refractivity contribution is -0.153. The van der Waals surface area contributed by atoms with Gasteiger partial charge in [-0.25, -0.2) is 0 Å². The van der Waals surface area contributed by atoms with Crippen LogP contribution in [0.15, 0.2) is 28.7 Å². The molecular formula is C14H17BrN2O4. The van der Waals surface area contributed by atoms with Gasteiger partial charge in [0.25, 0.3) is 5.91 Å². The van der Waals surface area contributed by atoms with Crippen LogP contribution in [0.1, 0.15) is 20.3 Å². The largest absolute Gasteiger partial charge is 0.452 e. The molecule has 1 atom stereocenters. The van der Waals surface area contributed by atoms with E-state index < -0.39 is 18.0 Å². The fourth-order valence-corrected chi connectivity index (χ4v) is 1.69. The third-order valence-corrected chi connectivity index (χ3v) is 3.02. The average Bonchev–Trinajstić information content (AvgIpc) is 2.40. The Bertz CT molecular complexity index is 516. The van der Waals surface area contributed by atoms with Gasteiger partial charge in [0.05, 0.1) is 6.42 Å². The van der Waals surface area contributed by atoms with E-state index in [4.69, 9.17) is 4.74 Å². The van der Waals surface area contributed by atoms with Crippen LogP contribution in [0.4, 0.5) is 5.69 Å². The summed E-state index contributed by atoms with van der Waals surface area (Å²) in [5, 5.41) is 5.12. The zero-order valence-electron chi connectivity index (χ0n) is 11.8. The maximum atomic E-state index is 11.8. The first-order chi connectivity index (χ1) is 9.88. The monoisotopic (exact) mass is 356 g/mol. The predicted octanol–water partition coefficient (Wildman–Crippen LogP) is 1.85. The van der Waals surface area contributed by atoms with Gasteiger partial charge in [-0.1, -0.05) is 15.9 Å². The second-order valence-electron chi connectivity index (χ2n) is 4.36. The lowest BCUT2D eigenvalue weighted by Gasteiger charge is -2.13. The van der Waals surface area contributed by atoms with Crippen molar-refractivity contribution in [1.29, 1.82) is 0 Å². The number of rotatable bonds is 6. The number of hydrogen-bond donors (Lipinski definition) is 2. The molecule has 0 aliphatic heterocycles. The number of anilines is 1. The molecule has 2 N–H and O–H groups in total. The number of benzene rings is 1. The van der Waals surface area contributed by atoms with E-state index in [2.05, 4.69) is 26.6 Å². The summed E-state index contributed by atoms with van der Waals surface area (Å²) in [5.41, 5.74) is 0.615. The highest BCUT2D eigenvalue weighted by molar-refractivity contribution is 9.10. The summed E-state index contributed by atoms with van der Waals surface area (Å²) in [5.74, 6) is -1.17. The molecule has 114 valence electrons. The maximum absolute atomic E-state index is 11.8. The van der Waals surface area contributed by atoms with E-state index in [1.807, 2.05) is 0 Å². The van der Waals surface area contributed by atoms with Crippen molar-refractivity contribution >= 4 is 39.4 Å². The van der Waals surface area contributed by atoms with E-state index in [1.165, 1.54) is 13.8 Å². The van der Waals surface area contributed by atoms with Crippen molar-refractivity contribution in [3.05, 3.63) is 28.7 Å². The summed E-state index contributed by atoms with van der Waals surface area (Å²) in [6.45, 7) is 3.04.